The highest BCUT2D eigenvalue weighted by atomic mass is 35.5. The first kappa shape index (κ1) is 32.2. The maximum atomic E-state index is 14.1. The average Bonchev–Trinajstić information content (AvgIpc) is 3.10. The van der Waals surface area contributed by atoms with Gasteiger partial charge in [0.05, 0.1) is 30.3 Å². The summed E-state index contributed by atoms with van der Waals surface area (Å²) in [6.45, 7) is 11.7. The van der Waals surface area contributed by atoms with Crippen LogP contribution in [0.2, 0.25) is 5.02 Å². The summed E-state index contributed by atoms with van der Waals surface area (Å²) in [5.41, 5.74) is 2.14. The van der Waals surface area contributed by atoms with Gasteiger partial charge in [0.1, 0.15) is 0 Å². The lowest BCUT2D eigenvalue weighted by molar-refractivity contribution is 0.0296. The van der Waals surface area contributed by atoms with Crippen LogP contribution in [0.25, 0.3) is 16.5 Å². The van der Waals surface area contributed by atoms with Crippen molar-refractivity contribution < 1.29 is 14.3 Å². The minimum atomic E-state index is -0.559. The van der Waals surface area contributed by atoms with Gasteiger partial charge in [-0.3, -0.25) is 24.1 Å². The Bertz CT molecular complexity index is 1670. The molecule has 1 N–H and O–H groups in total. The van der Waals surface area contributed by atoms with Crippen molar-refractivity contribution in [3.05, 3.63) is 105 Å². The number of halogens is 1. The Labute approximate surface area is 275 Å². The summed E-state index contributed by atoms with van der Waals surface area (Å²) in [6, 6.07) is 24.2. The van der Waals surface area contributed by atoms with Gasteiger partial charge in [-0.2, -0.15) is 0 Å². The van der Waals surface area contributed by atoms with Gasteiger partial charge in [0, 0.05) is 75.0 Å². The molecule has 0 aliphatic carbocycles. The zero-order valence-corrected chi connectivity index (χ0v) is 27.1. The summed E-state index contributed by atoms with van der Waals surface area (Å²) in [6.07, 6.45) is 0.142. The van der Waals surface area contributed by atoms with Crippen LogP contribution in [0.3, 0.4) is 0 Å². The molecular formula is C36H42ClN5O4. The van der Waals surface area contributed by atoms with Crippen molar-refractivity contribution in [2.45, 2.75) is 25.9 Å². The smallest absolute Gasteiger partial charge is 0.408 e. The molecule has 0 unspecified atom stereocenters. The van der Waals surface area contributed by atoms with Crippen LogP contribution in [0, 0.1) is 0 Å². The van der Waals surface area contributed by atoms with E-state index >= 15 is 0 Å². The lowest BCUT2D eigenvalue weighted by Gasteiger charge is -2.37. The molecule has 9 nitrogen and oxygen atoms in total. The number of amides is 1. The van der Waals surface area contributed by atoms with Crippen molar-refractivity contribution in [3.8, 4) is 11.4 Å². The summed E-state index contributed by atoms with van der Waals surface area (Å²) >= 11 is 6.24. The van der Waals surface area contributed by atoms with E-state index in [-0.39, 0.29) is 11.6 Å². The number of fused-ring (bicyclic) bond motifs is 1. The molecule has 3 aromatic carbocycles. The number of benzene rings is 3. The van der Waals surface area contributed by atoms with E-state index in [4.69, 9.17) is 21.1 Å². The molecule has 2 aliphatic rings. The molecule has 0 bridgehead atoms. The highest BCUT2D eigenvalue weighted by Crippen LogP contribution is 2.32. The van der Waals surface area contributed by atoms with E-state index in [1.54, 1.807) is 22.8 Å². The van der Waals surface area contributed by atoms with Crippen LogP contribution in [0.1, 0.15) is 30.6 Å². The number of pyridine rings is 1. The number of ether oxygens (including phenoxy) is 2. The SMILES string of the molecule is CC[C@H](NC(=O)Oc1c(CN2CCN(CCN3CCOCC3)CC2)n(-c2ccc(Cl)cc2)c(=O)c2ccccc12)c1ccccc1. The molecule has 10 heteroatoms. The Hall–Kier alpha value is -3.73. The van der Waals surface area contributed by atoms with Crippen LogP contribution in [-0.4, -0.2) is 90.9 Å². The van der Waals surface area contributed by atoms with E-state index in [1.165, 1.54) is 0 Å². The van der Waals surface area contributed by atoms with Crippen molar-refractivity contribution >= 4 is 28.5 Å². The van der Waals surface area contributed by atoms with E-state index in [0.717, 1.165) is 71.1 Å². The predicted molar refractivity (Wildman–Crippen MR) is 182 cm³/mol. The van der Waals surface area contributed by atoms with E-state index in [9.17, 15) is 9.59 Å². The third-order valence-electron chi connectivity index (χ3n) is 8.99. The highest BCUT2D eigenvalue weighted by Gasteiger charge is 2.26. The second-order valence-electron chi connectivity index (χ2n) is 11.9. The molecule has 242 valence electrons. The van der Waals surface area contributed by atoms with E-state index < -0.39 is 6.09 Å². The molecule has 1 atom stereocenters. The largest absolute Gasteiger partial charge is 0.413 e. The van der Waals surface area contributed by atoms with Gasteiger partial charge in [-0.25, -0.2) is 4.79 Å². The van der Waals surface area contributed by atoms with Crippen molar-refractivity contribution in [2.24, 2.45) is 0 Å². The molecule has 3 heterocycles. The number of piperazine rings is 1. The Morgan fingerprint density at radius 1 is 0.826 bits per heavy atom. The van der Waals surface area contributed by atoms with E-state index in [1.807, 2.05) is 67.6 Å². The number of hydrogen-bond acceptors (Lipinski definition) is 7. The number of nitrogens with one attached hydrogen (secondary N) is 1. The van der Waals surface area contributed by atoms with Gasteiger partial charge in [0.15, 0.2) is 5.75 Å². The lowest BCUT2D eigenvalue weighted by Crippen LogP contribution is -2.49. The normalized spacial score (nSPS) is 17.2. The summed E-state index contributed by atoms with van der Waals surface area (Å²) in [7, 11) is 0. The molecule has 1 aromatic heterocycles. The summed E-state index contributed by atoms with van der Waals surface area (Å²) in [5.74, 6) is 0.389. The van der Waals surface area contributed by atoms with Gasteiger partial charge in [0.2, 0.25) is 0 Å². The molecule has 2 saturated heterocycles. The fourth-order valence-electron chi connectivity index (χ4n) is 6.35. The fourth-order valence-corrected chi connectivity index (χ4v) is 6.47. The average molecular weight is 644 g/mol. The van der Waals surface area contributed by atoms with Crippen LogP contribution in [0.5, 0.6) is 5.75 Å². The van der Waals surface area contributed by atoms with Crippen LogP contribution in [0.4, 0.5) is 4.79 Å². The first-order valence-electron chi connectivity index (χ1n) is 16.2. The predicted octanol–water partition coefficient (Wildman–Crippen LogP) is 5.33. The third-order valence-corrected chi connectivity index (χ3v) is 9.25. The topological polar surface area (TPSA) is 79.3 Å². The second kappa shape index (κ2) is 15.2. The van der Waals surface area contributed by atoms with Crippen molar-refractivity contribution in [3.63, 3.8) is 0 Å². The Kier molecular flexibility index (Phi) is 10.7. The maximum Gasteiger partial charge on any atom is 0.413 e. The zero-order chi connectivity index (χ0) is 31.9. The number of rotatable bonds is 10. The van der Waals surface area contributed by atoms with Crippen molar-refractivity contribution in [1.29, 1.82) is 0 Å². The van der Waals surface area contributed by atoms with Crippen LogP contribution in [0.15, 0.2) is 83.7 Å². The summed E-state index contributed by atoms with van der Waals surface area (Å²) in [4.78, 5) is 35.0. The second-order valence-corrected chi connectivity index (χ2v) is 12.4. The van der Waals surface area contributed by atoms with Crippen LogP contribution >= 0.6 is 11.6 Å². The molecule has 2 aliphatic heterocycles. The van der Waals surface area contributed by atoms with E-state index in [2.05, 4.69) is 20.0 Å². The van der Waals surface area contributed by atoms with Gasteiger partial charge in [-0.1, -0.05) is 67.1 Å². The highest BCUT2D eigenvalue weighted by molar-refractivity contribution is 6.30. The van der Waals surface area contributed by atoms with Crippen LogP contribution in [-0.2, 0) is 11.3 Å². The molecule has 0 saturated carbocycles. The summed E-state index contributed by atoms with van der Waals surface area (Å²) < 4.78 is 13.4. The van der Waals surface area contributed by atoms with E-state index in [0.29, 0.717) is 45.9 Å². The number of carbonyl (C=O) groups excluding carboxylic acids is 1. The quantitative estimate of drug-likeness (QED) is 0.250. The number of morpholine rings is 1. The zero-order valence-electron chi connectivity index (χ0n) is 26.4. The van der Waals surface area contributed by atoms with Gasteiger partial charge in [-0.05, 0) is 42.3 Å². The first-order chi connectivity index (χ1) is 22.5. The molecule has 46 heavy (non-hydrogen) atoms. The minimum Gasteiger partial charge on any atom is -0.408 e. The monoisotopic (exact) mass is 643 g/mol. The molecule has 6 rings (SSSR count). The van der Waals surface area contributed by atoms with Gasteiger partial charge in [-0.15, -0.1) is 0 Å². The molecule has 4 aromatic rings. The summed E-state index contributed by atoms with van der Waals surface area (Å²) in [5, 5.41) is 4.73. The van der Waals surface area contributed by atoms with Crippen molar-refractivity contribution in [1.82, 2.24) is 24.6 Å². The van der Waals surface area contributed by atoms with Crippen molar-refractivity contribution in [2.75, 3.05) is 65.6 Å². The standard InChI is InChI=1S/C36H42ClN5O4/c1-2-32(27-8-4-3-5-9-27)38-36(44)46-34-30-10-6-7-11-31(30)35(43)42(29-14-12-28(37)13-15-29)33(34)26-41-20-18-39(19-21-41)16-17-40-22-24-45-25-23-40/h3-15,32H,2,16-26H2,1H3,(H,38,44)/t32-/m0/s1. The van der Waals surface area contributed by atoms with Gasteiger partial charge < -0.3 is 14.8 Å². The molecule has 2 fully saturated rings. The molecule has 0 radical (unpaired) electrons. The third kappa shape index (κ3) is 7.62. The fraction of sp³-hybridized carbons (Fsp3) is 0.389. The Morgan fingerprint density at radius 2 is 1.43 bits per heavy atom. The lowest BCUT2D eigenvalue weighted by atomic mass is 10.1. The molecular weight excluding hydrogens is 602 g/mol. The number of aromatic nitrogens is 1. The van der Waals surface area contributed by atoms with Gasteiger partial charge in [0.25, 0.3) is 5.56 Å². The number of carbonyl (C=O) groups is 1. The Balaban J connectivity index is 1.30. The maximum absolute atomic E-state index is 14.1. The molecule has 1 amide bonds. The molecule has 0 spiro atoms. The van der Waals surface area contributed by atoms with Gasteiger partial charge >= 0.3 is 6.09 Å². The number of nitrogens with zero attached hydrogens (tertiary/aromatic N) is 4. The minimum absolute atomic E-state index is 0.166. The number of hydrogen-bond donors (Lipinski definition) is 1. The Morgan fingerprint density at radius 3 is 2.11 bits per heavy atom. The van der Waals surface area contributed by atoms with Crippen LogP contribution < -0.4 is 15.6 Å². The first-order valence-corrected chi connectivity index (χ1v) is 16.6.